The molecule has 6 aromatic rings. The van der Waals surface area contributed by atoms with Crippen molar-refractivity contribution in [3.63, 3.8) is 0 Å². The number of rotatable bonds is 1. The summed E-state index contributed by atoms with van der Waals surface area (Å²) in [6.45, 7) is 4.23. The summed E-state index contributed by atoms with van der Waals surface area (Å²) in [4.78, 5) is 4.97. The zero-order chi connectivity index (χ0) is 18.8. The molecule has 0 atom stereocenters. The number of fused-ring (bicyclic) bond motifs is 7. The normalized spacial score (nSPS) is 11.9. The monoisotopic (exact) mass is 379 g/mol. The van der Waals surface area contributed by atoms with Crippen LogP contribution >= 0.6 is 11.3 Å². The number of benzene rings is 3. The van der Waals surface area contributed by atoms with E-state index in [0.717, 1.165) is 27.3 Å². The summed E-state index contributed by atoms with van der Waals surface area (Å²) in [5.74, 6) is 0. The van der Waals surface area contributed by atoms with Gasteiger partial charge in [0.05, 0.1) is 26.9 Å². The highest BCUT2D eigenvalue weighted by Crippen LogP contribution is 2.41. The van der Waals surface area contributed by atoms with Crippen LogP contribution in [-0.2, 0) is 0 Å². The third-order valence-corrected chi connectivity index (χ3v) is 6.49. The van der Waals surface area contributed by atoms with Gasteiger partial charge >= 0.3 is 0 Å². The van der Waals surface area contributed by atoms with E-state index in [-0.39, 0.29) is 0 Å². The Balaban J connectivity index is 1.87. The van der Waals surface area contributed by atoms with Crippen molar-refractivity contribution in [2.24, 2.45) is 0 Å². The number of aromatic nitrogens is 3. The van der Waals surface area contributed by atoms with Gasteiger partial charge in [-0.1, -0.05) is 42.5 Å². The standard InChI is InChI=1S/C24H17N3S/c1-14-11-12-19-23(22(14)24-25-18-9-5-6-10-21(18)28-24)17-8-4-3-7-16(17)20-13-15(2)26-27(19)20/h3-13H,1-2H3. The second-order valence-electron chi connectivity index (χ2n) is 7.27. The maximum absolute atomic E-state index is 4.97. The molecule has 0 spiro atoms. The summed E-state index contributed by atoms with van der Waals surface area (Å²) in [5.41, 5.74) is 6.81. The van der Waals surface area contributed by atoms with E-state index in [1.165, 1.54) is 32.0 Å². The average molecular weight is 379 g/mol. The van der Waals surface area contributed by atoms with Crippen LogP contribution in [0.25, 0.3) is 48.0 Å². The van der Waals surface area contributed by atoms with Gasteiger partial charge in [-0.2, -0.15) is 5.10 Å². The molecule has 0 N–H and O–H groups in total. The van der Waals surface area contributed by atoms with E-state index in [9.17, 15) is 0 Å². The van der Waals surface area contributed by atoms with Crippen molar-refractivity contribution < 1.29 is 0 Å². The summed E-state index contributed by atoms with van der Waals surface area (Å²) in [7, 11) is 0. The highest BCUT2D eigenvalue weighted by Gasteiger charge is 2.18. The van der Waals surface area contributed by atoms with Crippen LogP contribution < -0.4 is 0 Å². The van der Waals surface area contributed by atoms with Crippen molar-refractivity contribution in [3.05, 3.63) is 78.0 Å². The van der Waals surface area contributed by atoms with Gasteiger partial charge in [-0.3, -0.25) is 0 Å². The molecule has 0 saturated carbocycles. The summed E-state index contributed by atoms with van der Waals surface area (Å²) >= 11 is 1.76. The van der Waals surface area contributed by atoms with E-state index in [2.05, 4.69) is 79.0 Å². The summed E-state index contributed by atoms with van der Waals surface area (Å²) in [6.07, 6.45) is 0. The van der Waals surface area contributed by atoms with Gasteiger partial charge in [0.25, 0.3) is 0 Å². The third-order valence-electron chi connectivity index (χ3n) is 5.43. The zero-order valence-corrected chi connectivity index (χ0v) is 16.4. The van der Waals surface area contributed by atoms with Crippen molar-refractivity contribution in [2.75, 3.05) is 0 Å². The SMILES string of the molecule is Cc1cc2c3ccccc3c3c(-c4nc5ccccc5s4)c(C)ccc3n2n1. The van der Waals surface area contributed by atoms with Gasteiger partial charge in [-0.05, 0) is 49.1 Å². The van der Waals surface area contributed by atoms with E-state index >= 15 is 0 Å². The van der Waals surface area contributed by atoms with Gasteiger partial charge < -0.3 is 0 Å². The van der Waals surface area contributed by atoms with Gasteiger partial charge in [0.15, 0.2) is 0 Å². The topological polar surface area (TPSA) is 30.2 Å². The van der Waals surface area contributed by atoms with Crippen molar-refractivity contribution in [2.45, 2.75) is 13.8 Å². The first-order valence-corrected chi connectivity index (χ1v) is 10.2. The van der Waals surface area contributed by atoms with Crippen molar-refractivity contribution in [3.8, 4) is 10.6 Å². The smallest absolute Gasteiger partial charge is 0.125 e. The molecular weight excluding hydrogens is 362 g/mol. The maximum Gasteiger partial charge on any atom is 0.125 e. The lowest BCUT2D eigenvalue weighted by Crippen LogP contribution is -1.96. The molecule has 134 valence electrons. The fourth-order valence-corrected chi connectivity index (χ4v) is 5.28. The van der Waals surface area contributed by atoms with Crippen LogP contribution in [-0.4, -0.2) is 14.6 Å². The van der Waals surface area contributed by atoms with Crippen molar-refractivity contribution in [1.29, 1.82) is 0 Å². The van der Waals surface area contributed by atoms with Crippen LogP contribution in [0, 0.1) is 13.8 Å². The van der Waals surface area contributed by atoms with Crippen molar-refractivity contribution >= 4 is 48.7 Å². The molecule has 28 heavy (non-hydrogen) atoms. The van der Waals surface area contributed by atoms with Gasteiger partial charge in [0.2, 0.25) is 0 Å². The minimum atomic E-state index is 1.03. The number of nitrogens with zero attached hydrogens (tertiary/aromatic N) is 3. The van der Waals surface area contributed by atoms with E-state index in [0.29, 0.717) is 0 Å². The molecule has 0 radical (unpaired) electrons. The van der Waals surface area contributed by atoms with Crippen LogP contribution in [0.4, 0.5) is 0 Å². The molecule has 6 rings (SSSR count). The minimum absolute atomic E-state index is 1.03. The first kappa shape index (κ1) is 15.8. The predicted molar refractivity (Wildman–Crippen MR) is 118 cm³/mol. The Kier molecular flexibility index (Phi) is 3.17. The third kappa shape index (κ3) is 2.09. The highest BCUT2D eigenvalue weighted by molar-refractivity contribution is 7.21. The zero-order valence-electron chi connectivity index (χ0n) is 15.6. The molecule has 3 aromatic heterocycles. The molecule has 0 aliphatic heterocycles. The first-order valence-electron chi connectivity index (χ1n) is 9.37. The Morgan fingerprint density at radius 3 is 2.46 bits per heavy atom. The Bertz CT molecular complexity index is 1510. The molecule has 0 fully saturated rings. The second kappa shape index (κ2) is 5.63. The second-order valence-corrected chi connectivity index (χ2v) is 8.30. The van der Waals surface area contributed by atoms with E-state index in [1.807, 2.05) is 6.07 Å². The molecule has 0 unspecified atom stereocenters. The molecule has 3 heterocycles. The molecule has 0 amide bonds. The molecule has 0 saturated heterocycles. The van der Waals surface area contributed by atoms with Crippen LogP contribution in [0.5, 0.6) is 0 Å². The fraction of sp³-hybridized carbons (Fsp3) is 0.0833. The molecule has 0 aliphatic carbocycles. The van der Waals surface area contributed by atoms with Gasteiger partial charge in [0.1, 0.15) is 5.01 Å². The Morgan fingerprint density at radius 2 is 1.61 bits per heavy atom. The highest BCUT2D eigenvalue weighted by atomic mass is 32.1. The molecule has 0 aliphatic rings. The Hall–Kier alpha value is -3.24. The Labute approximate surface area is 165 Å². The quantitative estimate of drug-likeness (QED) is 0.304. The van der Waals surface area contributed by atoms with Gasteiger partial charge in [-0.15, -0.1) is 11.3 Å². The lowest BCUT2D eigenvalue weighted by Gasteiger charge is -2.13. The number of hydrogen-bond acceptors (Lipinski definition) is 3. The largest absolute Gasteiger partial charge is 0.236 e. The van der Waals surface area contributed by atoms with Crippen LogP contribution in [0.1, 0.15) is 11.3 Å². The summed E-state index contributed by atoms with van der Waals surface area (Å²) < 4.78 is 3.30. The molecular formula is C24H17N3S. The average Bonchev–Trinajstić information content (AvgIpc) is 3.31. The number of pyridine rings is 1. The van der Waals surface area contributed by atoms with Crippen LogP contribution in [0.3, 0.4) is 0 Å². The molecule has 3 nitrogen and oxygen atoms in total. The number of thiazole rings is 1. The summed E-state index contributed by atoms with van der Waals surface area (Å²) in [5, 5.41) is 9.57. The first-order chi connectivity index (χ1) is 13.7. The minimum Gasteiger partial charge on any atom is -0.236 e. The van der Waals surface area contributed by atoms with E-state index in [4.69, 9.17) is 10.1 Å². The number of para-hydroxylation sites is 1. The predicted octanol–water partition coefficient (Wildman–Crippen LogP) is 6.53. The maximum atomic E-state index is 4.97. The lowest BCUT2D eigenvalue weighted by atomic mass is 9.97. The number of aryl methyl sites for hydroxylation is 2. The molecule has 3 aromatic carbocycles. The van der Waals surface area contributed by atoms with Crippen LogP contribution in [0.2, 0.25) is 0 Å². The van der Waals surface area contributed by atoms with Crippen LogP contribution in [0.15, 0.2) is 66.7 Å². The Morgan fingerprint density at radius 1 is 0.821 bits per heavy atom. The van der Waals surface area contributed by atoms with E-state index in [1.54, 1.807) is 11.3 Å². The van der Waals surface area contributed by atoms with Gasteiger partial charge in [-0.25, -0.2) is 9.50 Å². The molecule has 4 heteroatoms. The van der Waals surface area contributed by atoms with Gasteiger partial charge in [0, 0.05) is 16.3 Å². The lowest BCUT2D eigenvalue weighted by molar-refractivity contribution is 0.974. The van der Waals surface area contributed by atoms with E-state index < -0.39 is 0 Å². The number of hydrogen-bond donors (Lipinski definition) is 0. The summed E-state index contributed by atoms with van der Waals surface area (Å²) in [6, 6.07) is 23.5. The fourth-order valence-electron chi connectivity index (χ4n) is 4.20. The van der Waals surface area contributed by atoms with Crippen molar-refractivity contribution in [1.82, 2.24) is 14.6 Å². The molecule has 0 bridgehead atoms.